The zero-order valence-corrected chi connectivity index (χ0v) is 23.8. The minimum Gasteiger partial charge on any atom is -0.469 e. The molecule has 5 rings (SSSR count). The Kier molecular flexibility index (Phi) is 7.62. The highest BCUT2D eigenvalue weighted by Gasteiger charge is 2.29. The summed E-state index contributed by atoms with van der Waals surface area (Å²) in [5.74, 6) is -0.0346. The van der Waals surface area contributed by atoms with E-state index in [1.165, 1.54) is 12.3 Å². The number of halogens is 1. The van der Waals surface area contributed by atoms with Crippen LogP contribution < -0.4 is 4.74 Å². The quantitative estimate of drug-likeness (QED) is 0.307. The maximum atomic E-state index is 13.5. The molecule has 0 aromatic carbocycles. The van der Waals surface area contributed by atoms with Crippen molar-refractivity contribution in [1.29, 1.82) is 5.26 Å². The highest BCUT2D eigenvalue weighted by Crippen LogP contribution is 2.33. The van der Waals surface area contributed by atoms with Crippen LogP contribution in [0.15, 0.2) is 36.7 Å². The van der Waals surface area contributed by atoms with Crippen LogP contribution in [0.5, 0.6) is 5.88 Å². The fourth-order valence-electron chi connectivity index (χ4n) is 5.03. The Morgan fingerprint density at radius 3 is 2.59 bits per heavy atom. The minimum absolute atomic E-state index is 0.0834. The molecular weight excluding hydrogens is 527 g/mol. The average Bonchev–Trinajstić information content (AvgIpc) is 3.54. The molecule has 41 heavy (non-hydrogen) atoms. The van der Waals surface area contributed by atoms with Gasteiger partial charge in [-0.05, 0) is 65.2 Å². The summed E-state index contributed by atoms with van der Waals surface area (Å²) in [5.41, 5.74) is 3.16. The zero-order chi connectivity index (χ0) is 29.3. The normalized spacial score (nSPS) is 15.1. The van der Waals surface area contributed by atoms with Crippen LogP contribution in [-0.2, 0) is 4.74 Å². The second-order valence-electron chi connectivity index (χ2n) is 11.1. The highest BCUT2D eigenvalue weighted by atomic mass is 19.1. The number of hydrogen-bond donors (Lipinski definition) is 0. The van der Waals surface area contributed by atoms with Crippen molar-refractivity contribution in [3.63, 3.8) is 0 Å². The van der Waals surface area contributed by atoms with Gasteiger partial charge in [0.05, 0.1) is 29.8 Å². The Bertz CT molecular complexity index is 1590. The number of nitriles is 1. The van der Waals surface area contributed by atoms with Gasteiger partial charge >= 0.3 is 6.09 Å². The van der Waals surface area contributed by atoms with E-state index in [2.05, 4.69) is 26.3 Å². The minimum atomic E-state index is -0.537. The average molecular weight is 561 g/mol. The number of piperidine rings is 1. The van der Waals surface area contributed by atoms with Crippen molar-refractivity contribution in [2.24, 2.45) is 0 Å². The second-order valence-corrected chi connectivity index (χ2v) is 11.1. The molecule has 5 heterocycles. The maximum Gasteiger partial charge on any atom is 0.410 e. The van der Waals surface area contributed by atoms with E-state index in [1.54, 1.807) is 15.4 Å². The molecule has 0 aliphatic carbocycles. The van der Waals surface area contributed by atoms with Gasteiger partial charge in [0.2, 0.25) is 5.88 Å². The second kappa shape index (κ2) is 11.2. The first-order valence-corrected chi connectivity index (χ1v) is 13.7. The summed E-state index contributed by atoms with van der Waals surface area (Å²) in [5, 5.41) is 18.7. The maximum absolute atomic E-state index is 13.5. The molecular formula is C29H33FN8O3. The SMILES string of the molecule is CCC(Oc1cc(-c2nnn(C3CCN(C(=O)OC(C)(C)C)CC3)c2C)cc2ncc(C#N)n12)c1ccc(F)cn1. The van der Waals surface area contributed by atoms with Gasteiger partial charge in [-0.25, -0.2) is 18.9 Å². The van der Waals surface area contributed by atoms with E-state index >= 15 is 0 Å². The van der Waals surface area contributed by atoms with Gasteiger partial charge in [0, 0.05) is 24.7 Å². The van der Waals surface area contributed by atoms with Gasteiger partial charge in [-0.1, -0.05) is 12.1 Å². The number of aromatic nitrogens is 6. The summed E-state index contributed by atoms with van der Waals surface area (Å²) in [6.45, 7) is 10.6. The van der Waals surface area contributed by atoms with Gasteiger partial charge in [-0.15, -0.1) is 5.10 Å². The summed E-state index contributed by atoms with van der Waals surface area (Å²) in [4.78, 5) is 22.8. The van der Waals surface area contributed by atoms with E-state index in [1.807, 2.05) is 51.4 Å². The van der Waals surface area contributed by atoms with Crippen LogP contribution in [-0.4, -0.2) is 59.0 Å². The Labute approximate surface area is 237 Å². The summed E-state index contributed by atoms with van der Waals surface area (Å²) < 4.78 is 28.9. The van der Waals surface area contributed by atoms with E-state index in [9.17, 15) is 14.4 Å². The van der Waals surface area contributed by atoms with E-state index < -0.39 is 17.5 Å². The highest BCUT2D eigenvalue weighted by molar-refractivity contribution is 5.69. The lowest BCUT2D eigenvalue weighted by Crippen LogP contribution is -2.42. The Morgan fingerprint density at radius 1 is 1.20 bits per heavy atom. The van der Waals surface area contributed by atoms with Gasteiger partial charge in [-0.3, -0.25) is 9.38 Å². The largest absolute Gasteiger partial charge is 0.469 e. The molecule has 0 spiro atoms. The van der Waals surface area contributed by atoms with E-state index in [4.69, 9.17) is 9.47 Å². The predicted molar refractivity (Wildman–Crippen MR) is 148 cm³/mol. The van der Waals surface area contributed by atoms with Crippen molar-refractivity contribution >= 4 is 11.7 Å². The van der Waals surface area contributed by atoms with Gasteiger partial charge < -0.3 is 14.4 Å². The summed E-state index contributed by atoms with van der Waals surface area (Å²) in [6, 6.07) is 8.83. The molecule has 1 aliphatic heterocycles. The number of carbonyl (C=O) groups is 1. The lowest BCUT2D eigenvalue weighted by atomic mass is 10.0. The van der Waals surface area contributed by atoms with Crippen LogP contribution in [0.2, 0.25) is 0 Å². The first-order valence-electron chi connectivity index (χ1n) is 13.7. The number of ether oxygens (including phenoxy) is 2. The van der Waals surface area contributed by atoms with Crippen molar-refractivity contribution in [2.75, 3.05) is 13.1 Å². The third kappa shape index (κ3) is 5.84. The first-order chi connectivity index (χ1) is 19.6. The van der Waals surface area contributed by atoms with Gasteiger partial charge in [0.25, 0.3) is 0 Å². The number of pyridine rings is 2. The van der Waals surface area contributed by atoms with Crippen molar-refractivity contribution in [1.82, 2.24) is 34.3 Å². The molecule has 0 radical (unpaired) electrons. The molecule has 4 aromatic heterocycles. The number of imidazole rings is 1. The summed E-state index contributed by atoms with van der Waals surface area (Å²) >= 11 is 0. The van der Waals surface area contributed by atoms with Crippen LogP contribution in [0, 0.1) is 24.1 Å². The van der Waals surface area contributed by atoms with Crippen molar-refractivity contribution in [3.05, 3.63) is 59.6 Å². The number of rotatable bonds is 6. The fourth-order valence-corrected chi connectivity index (χ4v) is 5.03. The summed E-state index contributed by atoms with van der Waals surface area (Å²) in [6.07, 6.45) is 3.89. The molecule has 214 valence electrons. The Morgan fingerprint density at radius 2 is 1.95 bits per heavy atom. The monoisotopic (exact) mass is 560 g/mol. The topological polar surface area (TPSA) is 123 Å². The standard InChI is InChI=1S/C29H33FN8O3/c1-6-24(23-8-7-20(30)16-32-23)40-26-14-19(13-25-33-17-22(15-31)37(25)26)27-18(2)38(35-34-27)21-9-11-36(12-10-21)28(39)41-29(3,4)5/h7-8,13-14,16-17,21,24H,6,9-12H2,1-5H3. The van der Waals surface area contributed by atoms with Crippen LogP contribution in [0.4, 0.5) is 9.18 Å². The Hall–Kier alpha value is -4.53. The molecule has 1 fully saturated rings. The fraction of sp³-hybridized carbons (Fsp3) is 0.448. The smallest absolute Gasteiger partial charge is 0.410 e. The number of nitrogens with zero attached hydrogens (tertiary/aromatic N) is 8. The molecule has 4 aromatic rings. The molecule has 1 amide bonds. The molecule has 1 aliphatic rings. The van der Waals surface area contributed by atoms with Crippen molar-refractivity contribution < 1.29 is 18.7 Å². The lowest BCUT2D eigenvalue weighted by Gasteiger charge is -2.33. The number of likely N-dealkylation sites (tertiary alicyclic amines) is 1. The zero-order valence-electron chi connectivity index (χ0n) is 23.8. The van der Waals surface area contributed by atoms with Gasteiger partial charge in [0.1, 0.15) is 40.6 Å². The van der Waals surface area contributed by atoms with Gasteiger partial charge in [-0.2, -0.15) is 5.26 Å². The number of fused-ring (bicyclic) bond motifs is 1. The number of amides is 1. The molecule has 0 bridgehead atoms. The molecule has 1 saturated heterocycles. The molecule has 1 atom stereocenters. The molecule has 11 nitrogen and oxygen atoms in total. The summed E-state index contributed by atoms with van der Waals surface area (Å²) in [7, 11) is 0. The van der Waals surface area contributed by atoms with Crippen LogP contribution in [0.25, 0.3) is 16.9 Å². The van der Waals surface area contributed by atoms with E-state index in [0.29, 0.717) is 48.1 Å². The third-order valence-corrected chi connectivity index (χ3v) is 7.06. The van der Waals surface area contributed by atoms with E-state index in [-0.39, 0.29) is 12.1 Å². The molecule has 1 unspecified atom stereocenters. The molecule has 12 heteroatoms. The van der Waals surface area contributed by atoms with Crippen LogP contribution in [0.3, 0.4) is 0 Å². The third-order valence-electron chi connectivity index (χ3n) is 7.06. The lowest BCUT2D eigenvalue weighted by molar-refractivity contribution is 0.0183. The van der Waals surface area contributed by atoms with Crippen LogP contribution >= 0.6 is 0 Å². The van der Waals surface area contributed by atoms with Crippen molar-refractivity contribution in [2.45, 2.75) is 71.6 Å². The molecule has 0 N–H and O–H groups in total. The Balaban J connectivity index is 1.42. The number of carbonyl (C=O) groups excluding carboxylic acids is 1. The van der Waals surface area contributed by atoms with Crippen LogP contribution in [0.1, 0.15) is 76.2 Å². The predicted octanol–water partition coefficient (Wildman–Crippen LogP) is 5.41. The van der Waals surface area contributed by atoms with E-state index in [0.717, 1.165) is 30.3 Å². The van der Waals surface area contributed by atoms with Gasteiger partial charge in [0.15, 0.2) is 0 Å². The molecule has 0 saturated carbocycles. The first kappa shape index (κ1) is 28.0. The van der Waals surface area contributed by atoms with Crippen molar-refractivity contribution in [3.8, 4) is 23.2 Å². The number of hydrogen-bond acceptors (Lipinski definition) is 8.